The number of carbonyl (C=O) groups is 2. The Morgan fingerprint density at radius 3 is 2.41 bits per heavy atom. The van der Waals surface area contributed by atoms with Crippen molar-refractivity contribution >= 4 is 28.7 Å². The van der Waals surface area contributed by atoms with Crippen molar-refractivity contribution in [1.82, 2.24) is 24.7 Å². The molecule has 5 aromatic rings. The largest absolute Gasteiger partial charge is 0.496 e. The van der Waals surface area contributed by atoms with Gasteiger partial charge in [-0.25, -0.2) is 0 Å². The Hall–Kier alpha value is -5.52. The number of anilines is 1. The summed E-state index contributed by atoms with van der Waals surface area (Å²) in [6, 6.07) is 20.8. The number of nitrogens with zero attached hydrogens (tertiary/aromatic N) is 4. The Labute approximate surface area is 328 Å². The first-order chi connectivity index (χ1) is 27.3. The highest BCUT2D eigenvalue weighted by Gasteiger charge is 2.26. The summed E-state index contributed by atoms with van der Waals surface area (Å²) in [5.41, 5.74) is 9.25. The smallest absolute Gasteiger partial charge is 0.259 e. The summed E-state index contributed by atoms with van der Waals surface area (Å²) in [5.74, 6) is 1.90. The summed E-state index contributed by atoms with van der Waals surface area (Å²) in [6.07, 6.45) is 10.1. The number of rotatable bonds is 14. The fourth-order valence-electron chi connectivity index (χ4n) is 8.49. The van der Waals surface area contributed by atoms with Crippen LogP contribution in [0.4, 0.5) is 5.69 Å². The van der Waals surface area contributed by atoms with E-state index in [0.29, 0.717) is 30.7 Å². The summed E-state index contributed by atoms with van der Waals surface area (Å²) < 4.78 is 13.6. The van der Waals surface area contributed by atoms with Gasteiger partial charge in [-0.05, 0) is 108 Å². The minimum absolute atomic E-state index is 0.0816. The average molecular weight is 757 g/mol. The summed E-state index contributed by atoms with van der Waals surface area (Å²) in [7, 11) is 6.78. The number of aryl methyl sites for hydroxylation is 1. The van der Waals surface area contributed by atoms with Gasteiger partial charge in [-0.3, -0.25) is 24.4 Å². The highest BCUT2D eigenvalue weighted by atomic mass is 16.5. The van der Waals surface area contributed by atoms with E-state index < -0.39 is 6.04 Å². The predicted octanol–water partition coefficient (Wildman–Crippen LogP) is 6.06. The van der Waals surface area contributed by atoms with Crippen LogP contribution in [0.15, 0.2) is 84.0 Å². The SMILES string of the molecule is CNC(=O)C(CCC=O)Nc1ccc(C2CCN(Cc3cccc4c3CCN(Cc3c(OC)cc(-c5cn(C)c(=O)c6cnccc56)cc3OC)C4)CC2)cc1. The highest BCUT2D eigenvalue weighted by molar-refractivity contribution is 5.95. The van der Waals surface area contributed by atoms with Crippen LogP contribution in [-0.4, -0.2) is 78.5 Å². The Morgan fingerprint density at radius 1 is 0.964 bits per heavy atom. The second kappa shape index (κ2) is 17.5. The van der Waals surface area contributed by atoms with Crippen LogP contribution in [-0.2, 0) is 42.7 Å². The van der Waals surface area contributed by atoms with Gasteiger partial charge in [-0.1, -0.05) is 30.3 Å². The molecule has 292 valence electrons. The van der Waals surface area contributed by atoms with Crippen LogP contribution in [0.1, 0.15) is 59.4 Å². The molecule has 11 heteroatoms. The molecule has 3 aromatic carbocycles. The zero-order chi connectivity index (χ0) is 39.2. The van der Waals surface area contributed by atoms with Crippen molar-refractivity contribution in [3.8, 4) is 22.6 Å². The second-order valence-corrected chi connectivity index (χ2v) is 15.0. The second-order valence-electron chi connectivity index (χ2n) is 15.0. The first-order valence-corrected chi connectivity index (χ1v) is 19.5. The lowest BCUT2D eigenvalue weighted by atomic mass is 9.88. The Bertz CT molecular complexity index is 2220. The van der Waals surface area contributed by atoms with E-state index in [4.69, 9.17) is 9.47 Å². The van der Waals surface area contributed by atoms with Gasteiger partial charge in [-0.2, -0.15) is 0 Å². The first kappa shape index (κ1) is 38.7. The van der Waals surface area contributed by atoms with E-state index in [0.717, 1.165) is 97.5 Å². The number of hydrogen-bond donors (Lipinski definition) is 2. The molecule has 2 aromatic heterocycles. The molecule has 4 heterocycles. The highest BCUT2D eigenvalue weighted by Crippen LogP contribution is 2.39. The van der Waals surface area contributed by atoms with Gasteiger partial charge in [-0.15, -0.1) is 0 Å². The molecular formula is C45H52N6O5. The average Bonchev–Trinajstić information content (AvgIpc) is 3.24. The molecule has 2 aliphatic heterocycles. The summed E-state index contributed by atoms with van der Waals surface area (Å²) in [5, 5.41) is 7.39. The molecule has 0 bridgehead atoms. The maximum absolute atomic E-state index is 12.8. The summed E-state index contributed by atoms with van der Waals surface area (Å²) in [6.45, 7) is 5.53. The minimum Gasteiger partial charge on any atom is -0.496 e. The molecule has 0 radical (unpaired) electrons. The third kappa shape index (κ3) is 8.34. The predicted molar refractivity (Wildman–Crippen MR) is 220 cm³/mol. The molecule has 1 atom stereocenters. The van der Waals surface area contributed by atoms with Crippen LogP contribution in [0.25, 0.3) is 21.9 Å². The van der Waals surface area contributed by atoms with Gasteiger partial charge in [0.15, 0.2) is 0 Å². The fraction of sp³-hybridized carbons (Fsp3) is 0.378. The van der Waals surface area contributed by atoms with Gasteiger partial charge >= 0.3 is 0 Å². The summed E-state index contributed by atoms with van der Waals surface area (Å²) in [4.78, 5) is 45.2. The van der Waals surface area contributed by atoms with E-state index in [1.807, 2.05) is 24.4 Å². The monoisotopic (exact) mass is 756 g/mol. The zero-order valence-corrected chi connectivity index (χ0v) is 32.8. The number of nitrogens with one attached hydrogen (secondary N) is 2. The number of likely N-dealkylation sites (tertiary alicyclic amines) is 1. The number of likely N-dealkylation sites (N-methyl/N-ethyl adjacent to an activating group) is 1. The van der Waals surface area contributed by atoms with Gasteiger partial charge in [0.25, 0.3) is 5.56 Å². The number of aldehydes is 1. The third-order valence-corrected chi connectivity index (χ3v) is 11.6. The lowest BCUT2D eigenvalue weighted by Gasteiger charge is -2.34. The normalized spacial score (nSPS) is 15.6. The first-order valence-electron chi connectivity index (χ1n) is 19.5. The van der Waals surface area contributed by atoms with Crippen LogP contribution in [0.2, 0.25) is 0 Å². The van der Waals surface area contributed by atoms with Crippen LogP contribution >= 0.6 is 0 Å². The number of pyridine rings is 2. The van der Waals surface area contributed by atoms with Crippen LogP contribution in [0.3, 0.4) is 0 Å². The summed E-state index contributed by atoms with van der Waals surface area (Å²) >= 11 is 0. The van der Waals surface area contributed by atoms with Crippen LogP contribution in [0, 0.1) is 0 Å². The topological polar surface area (TPSA) is 118 Å². The van der Waals surface area contributed by atoms with Crippen molar-refractivity contribution in [2.24, 2.45) is 7.05 Å². The van der Waals surface area contributed by atoms with E-state index in [-0.39, 0.29) is 11.5 Å². The number of fused-ring (bicyclic) bond motifs is 2. The van der Waals surface area contributed by atoms with Gasteiger partial charge < -0.3 is 29.5 Å². The van der Waals surface area contributed by atoms with Crippen LogP contribution < -0.4 is 25.7 Å². The van der Waals surface area contributed by atoms with Crippen molar-refractivity contribution in [1.29, 1.82) is 0 Å². The molecule has 1 amide bonds. The number of hydrogen-bond acceptors (Lipinski definition) is 9. The molecule has 0 aliphatic carbocycles. The number of carbonyl (C=O) groups excluding carboxylic acids is 2. The standard InChI is InChI=1S/C45H52N6O5/c1-46-44(53)41(9-6-22-52)48-35-12-10-30(11-13-35)31-15-19-50(20-16-31)26-32-7-5-8-33-27-51(21-17-36(32)33)29-40-42(55-3)23-34(24-43(40)56-4)39-28-49(2)45(54)38-25-47-18-14-37(38)39/h5,7-8,10-14,18,22-25,28,31,41,48H,6,9,15-17,19-21,26-27,29H2,1-4H3,(H,46,53). The molecule has 1 fully saturated rings. The molecular weight excluding hydrogens is 705 g/mol. The van der Waals surface area contributed by atoms with Gasteiger partial charge in [0.1, 0.15) is 23.8 Å². The molecule has 0 saturated carbocycles. The van der Waals surface area contributed by atoms with Crippen molar-refractivity contribution < 1.29 is 19.1 Å². The Kier molecular flexibility index (Phi) is 12.1. The Morgan fingerprint density at radius 2 is 1.71 bits per heavy atom. The van der Waals surface area contributed by atoms with Crippen molar-refractivity contribution in [2.45, 2.75) is 63.7 Å². The number of piperidine rings is 1. The minimum atomic E-state index is -0.434. The third-order valence-electron chi connectivity index (χ3n) is 11.6. The van der Waals surface area contributed by atoms with E-state index in [9.17, 15) is 14.4 Å². The Balaban J connectivity index is 0.988. The maximum Gasteiger partial charge on any atom is 0.259 e. The lowest BCUT2D eigenvalue weighted by Crippen LogP contribution is -2.37. The van der Waals surface area contributed by atoms with E-state index >= 15 is 0 Å². The van der Waals surface area contributed by atoms with Crippen molar-refractivity contribution in [3.63, 3.8) is 0 Å². The molecule has 2 aliphatic rings. The number of benzene rings is 3. The van der Waals surface area contributed by atoms with Gasteiger partial charge in [0.05, 0.1) is 25.2 Å². The number of amides is 1. The number of methoxy groups -OCH3 is 2. The fourth-order valence-corrected chi connectivity index (χ4v) is 8.49. The van der Waals surface area contributed by atoms with Gasteiger partial charge in [0, 0.05) is 76.5 Å². The number of aromatic nitrogens is 2. The van der Waals surface area contributed by atoms with Crippen molar-refractivity contribution in [3.05, 3.63) is 117 Å². The van der Waals surface area contributed by atoms with Gasteiger partial charge in [0.2, 0.25) is 5.91 Å². The quantitative estimate of drug-likeness (QED) is 0.131. The molecule has 56 heavy (non-hydrogen) atoms. The molecule has 1 saturated heterocycles. The lowest BCUT2D eigenvalue weighted by molar-refractivity contribution is -0.121. The zero-order valence-electron chi connectivity index (χ0n) is 32.8. The van der Waals surface area contributed by atoms with E-state index in [2.05, 4.69) is 67.9 Å². The number of ether oxygens (including phenoxy) is 2. The molecule has 2 N–H and O–H groups in total. The maximum atomic E-state index is 12.8. The van der Waals surface area contributed by atoms with Crippen molar-refractivity contribution in [2.75, 3.05) is 46.2 Å². The molecule has 7 rings (SSSR count). The van der Waals surface area contributed by atoms with E-state index in [1.54, 1.807) is 45.3 Å². The molecule has 11 nitrogen and oxygen atoms in total. The van der Waals surface area contributed by atoms with Crippen LogP contribution in [0.5, 0.6) is 11.5 Å². The molecule has 1 unspecified atom stereocenters. The van der Waals surface area contributed by atoms with E-state index in [1.165, 1.54) is 22.3 Å². The molecule has 0 spiro atoms.